The van der Waals surface area contributed by atoms with E-state index in [1.165, 1.54) is 29.0 Å². The first-order valence-corrected chi connectivity index (χ1v) is 9.42. The van der Waals surface area contributed by atoms with E-state index in [1.54, 1.807) is 24.3 Å². The Balaban J connectivity index is 1.53. The van der Waals surface area contributed by atoms with E-state index >= 15 is 0 Å². The molecule has 0 saturated carbocycles. The average molecular weight is 442 g/mol. The summed E-state index contributed by atoms with van der Waals surface area (Å²) in [6.45, 7) is -0.0258. The Kier molecular flexibility index (Phi) is 5.59. The highest BCUT2D eigenvalue weighted by Crippen LogP contribution is 2.22. The van der Waals surface area contributed by atoms with Crippen LogP contribution in [0.2, 0.25) is 5.02 Å². The second-order valence-electron chi connectivity index (χ2n) is 6.50. The van der Waals surface area contributed by atoms with E-state index in [-0.39, 0.29) is 23.4 Å². The van der Waals surface area contributed by atoms with Crippen LogP contribution in [0.4, 0.5) is 14.5 Å². The molecular formula is C21H14ClF2N5O2. The molecule has 0 atom stereocenters. The highest BCUT2D eigenvalue weighted by Gasteiger charge is 2.17. The molecule has 0 aliphatic carbocycles. The van der Waals surface area contributed by atoms with Crippen molar-refractivity contribution in [1.29, 1.82) is 0 Å². The standard InChI is InChI=1S/C21H14ClF2N5O2/c22-14-3-1-2-4-17(14)28-20(30)13-11-26-29-8-7-18(27-19(13)29)21(31)25-10-12-5-6-15(23)16(24)9-12/h1-9,11H,10H2,(H,25,31)(H,28,30). The molecule has 2 N–H and O–H groups in total. The second kappa shape index (κ2) is 8.49. The maximum Gasteiger partial charge on any atom is 0.270 e. The summed E-state index contributed by atoms with van der Waals surface area (Å²) in [6, 6.07) is 11.5. The number of hydrogen-bond donors (Lipinski definition) is 2. The van der Waals surface area contributed by atoms with Crippen LogP contribution >= 0.6 is 11.6 Å². The smallest absolute Gasteiger partial charge is 0.270 e. The third-order valence-electron chi connectivity index (χ3n) is 4.41. The SMILES string of the molecule is O=C(NCc1ccc(F)c(F)c1)c1ccn2ncc(C(=O)Nc3ccccc3Cl)c2n1. The number of halogens is 3. The summed E-state index contributed by atoms with van der Waals surface area (Å²) in [5.41, 5.74) is 1.16. The fourth-order valence-electron chi connectivity index (χ4n) is 2.83. The van der Waals surface area contributed by atoms with Crippen LogP contribution in [-0.2, 0) is 6.54 Å². The highest BCUT2D eigenvalue weighted by atomic mass is 35.5. The molecule has 2 aromatic carbocycles. The third kappa shape index (κ3) is 4.36. The number of nitrogens with one attached hydrogen (secondary N) is 2. The molecule has 4 aromatic rings. The molecular weight excluding hydrogens is 428 g/mol. The van der Waals surface area contributed by atoms with Crippen LogP contribution in [0.1, 0.15) is 26.4 Å². The Hall–Kier alpha value is -3.85. The van der Waals surface area contributed by atoms with Gasteiger partial charge in [0.15, 0.2) is 17.3 Å². The monoisotopic (exact) mass is 441 g/mol. The van der Waals surface area contributed by atoms with Crippen LogP contribution in [-0.4, -0.2) is 26.4 Å². The van der Waals surface area contributed by atoms with Crippen molar-refractivity contribution in [3.63, 3.8) is 0 Å². The summed E-state index contributed by atoms with van der Waals surface area (Å²) in [6.07, 6.45) is 2.82. The van der Waals surface area contributed by atoms with Gasteiger partial charge in [-0.3, -0.25) is 9.59 Å². The number of amides is 2. The molecule has 0 radical (unpaired) electrons. The van der Waals surface area contributed by atoms with Crippen molar-refractivity contribution in [3.8, 4) is 0 Å². The van der Waals surface area contributed by atoms with Crippen molar-refractivity contribution in [2.75, 3.05) is 5.32 Å². The Morgan fingerprint density at radius 2 is 1.84 bits per heavy atom. The molecule has 2 aromatic heterocycles. The number of carbonyl (C=O) groups is 2. The minimum atomic E-state index is -1.00. The molecule has 7 nitrogen and oxygen atoms in total. The summed E-state index contributed by atoms with van der Waals surface area (Å²) in [5.74, 6) is -3.01. The van der Waals surface area contributed by atoms with Gasteiger partial charge in [-0.1, -0.05) is 29.8 Å². The number of aromatic nitrogens is 3. The maximum atomic E-state index is 13.3. The molecule has 0 aliphatic heterocycles. The van der Waals surface area contributed by atoms with Gasteiger partial charge in [-0.2, -0.15) is 5.10 Å². The fourth-order valence-corrected chi connectivity index (χ4v) is 3.01. The number of para-hydroxylation sites is 1. The van der Waals surface area contributed by atoms with Gasteiger partial charge in [0.25, 0.3) is 11.8 Å². The lowest BCUT2D eigenvalue weighted by Crippen LogP contribution is -2.24. The first-order valence-electron chi connectivity index (χ1n) is 9.05. The van der Waals surface area contributed by atoms with Crippen LogP contribution in [0.3, 0.4) is 0 Å². The van der Waals surface area contributed by atoms with Crippen molar-refractivity contribution in [2.45, 2.75) is 6.54 Å². The average Bonchev–Trinajstić information content (AvgIpc) is 3.19. The van der Waals surface area contributed by atoms with Gasteiger partial charge in [0, 0.05) is 12.7 Å². The Morgan fingerprint density at radius 1 is 1.03 bits per heavy atom. The van der Waals surface area contributed by atoms with E-state index in [4.69, 9.17) is 11.6 Å². The zero-order chi connectivity index (χ0) is 22.0. The van der Waals surface area contributed by atoms with Crippen molar-refractivity contribution in [2.24, 2.45) is 0 Å². The summed E-state index contributed by atoms with van der Waals surface area (Å²) >= 11 is 6.07. The van der Waals surface area contributed by atoms with Gasteiger partial charge in [-0.25, -0.2) is 18.3 Å². The van der Waals surface area contributed by atoms with Gasteiger partial charge < -0.3 is 10.6 Å². The second-order valence-corrected chi connectivity index (χ2v) is 6.91. The normalized spacial score (nSPS) is 10.8. The lowest BCUT2D eigenvalue weighted by Gasteiger charge is -2.07. The zero-order valence-electron chi connectivity index (χ0n) is 15.8. The molecule has 0 spiro atoms. The first kappa shape index (κ1) is 20.4. The van der Waals surface area contributed by atoms with E-state index in [9.17, 15) is 18.4 Å². The van der Waals surface area contributed by atoms with E-state index in [0.717, 1.165) is 12.1 Å². The number of anilines is 1. The minimum absolute atomic E-state index is 0.0258. The predicted molar refractivity (Wildman–Crippen MR) is 110 cm³/mol. The molecule has 2 amide bonds. The van der Waals surface area contributed by atoms with Gasteiger partial charge in [0.05, 0.1) is 16.9 Å². The molecule has 0 fully saturated rings. The molecule has 10 heteroatoms. The van der Waals surface area contributed by atoms with Gasteiger partial charge >= 0.3 is 0 Å². The number of benzene rings is 2. The molecule has 4 rings (SSSR count). The Morgan fingerprint density at radius 3 is 2.61 bits per heavy atom. The Labute approximate surface area is 179 Å². The fraction of sp³-hybridized carbons (Fsp3) is 0.0476. The third-order valence-corrected chi connectivity index (χ3v) is 4.74. The van der Waals surface area contributed by atoms with E-state index < -0.39 is 23.4 Å². The van der Waals surface area contributed by atoms with Crippen LogP contribution in [0.5, 0.6) is 0 Å². The molecule has 0 aliphatic rings. The quantitative estimate of drug-likeness (QED) is 0.492. The lowest BCUT2D eigenvalue weighted by molar-refractivity contribution is 0.0944. The first-order chi connectivity index (χ1) is 14.9. The number of nitrogens with zero attached hydrogens (tertiary/aromatic N) is 3. The molecule has 0 unspecified atom stereocenters. The van der Waals surface area contributed by atoms with E-state index in [1.807, 2.05) is 0 Å². The van der Waals surface area contributed by atoms with Crippen LogP contribution in [0.15, 0.2) is 60.9 Å². The zero-order valence-corrected chi connectivity index (χ0v) is 16.5. The van der Waals surface area contributed by atoms with Crippen molar-refractivity contribution < 1.29 is 18.4 Å². The summed E-state index contributed by atoms with van der Waals surface area (Å²) < 4.78 is 27.7. The predicted octanol–water partition coefficient (Wildman–Crippen LogP) is 3.84. The molecule has 156 valence electrons. The van der Waals surface area contributed by atoms with Crippen LogP contribution < -0.4 is 10.6 Å². The summed E-state index contributed by atoms with van der Waals surface area (Å²) in [7, 11) is 0. The van der Waals surface area contributed by atoms with Crippen molar-refractivity contribution >= 4 is 34.7 Å². The summed E-state index contributed by atoms with van der Waals surface area (Å²) in [5, 5.41) is 9.70. The van der Waals surface area contributed by atoms with Gasteiger partial charge in [-0.05, 0) is 35.9 Å². The van der Waals surface area contributed by atoms with Crippen LogP contribution in [0, 0.1) is 11.6 Å². The highest BCUT2D eigenvalue weighted by molar-refractivity contribution is 6.34. The molecule has 0 bridgehead atoms. The number of rotatable bonds is 5. The molecule has 2 heterocycles. The summed E-state index contributed by atoms with van der Waals surface area (Å²) in [4.78, 5) is 29.4. The molecule has 31 heavy (non-hydrogen) atoms. The van der Waals surface area contributed by atoms with Crippen molar-refractivity contribution in [3.05, 3.63) is 94.4 Å². The van der Waals surface area contributed by atoms with Gasteiger partial charge in [-0.15, -0.1) is 0 Å². The largest absolute Gasteiger partial charge is 0.347 e. The molecule has 0 saturated heterocycles. The van der Waals surface area contributed by atoms with E-state index in [0.29, 0.717) is 16.3 Å². The Bertz CT molecular complexity index is 1310. The topological polar surface area (TPSA) is 88.4 Å². The number of hydrogen-bond acceptors (Lipinski definition) is 4. The van der Waals surface area contributed by atoms with Crippen LogP contribution in [0.25, 0.3) is 5.65 Å². The van der Waals surface area contributed by atoms with Gasteiger partial charge in [0.1, 0.15) is 11.3 Å². The number of carbonyl (C=O) groups excluding carboxylic acids is 2. The minimum Gasteiger partial charge on any atom is -0.347 e. The van der Waals surface area contributed by atoms with Gasteiger partial charge in [0.2, 0.25) is 0 Å². The van der Waals surface area contributed by atoms with Crippen molar-refractivity contribution in [1.82, 2.24) is 19.9 Å². The maximum absolute atomic E-state index is 13.3. The number of fused-ring (bicyclic) bond motifs is 1. The van der Waals surface area contributed by atoms with E-state index in [2.05, 4.69) is 20.7 Å². The lowest BCUT2D eigenvalue weighted by atomic mass is 10.2.